The summed E-state index contributed by atoms with van der Waals surface area (Å²) in [5, 5.41) is 0. The van der Waals surface area contributed by atoms with Gasteiger partial charge >= 0.3 is 0 Å². The topological polar surface area (TPSA) is 55.4 Å². The highest BCUT2D eigenvalue weighted by atomic mass is 32.2. The first kappa shape index (κ1) is 13.0. The molecule has 0 aliphatic heterocycles. The highest BCUT2D eigenvalue weighted by Crippen LogP contribution is 2.07. The van der Waals surface area contributed by atoms with Crippen molar-refractivity contribution in [1.82, 2.24) is 4.72 Å². The molecule has 0 aliphatic carbocycles. The number of para-hydroxylation sites is 1. The molecule has 0 spiro atoms. The van der Waals surface area contributed by atoms with Crippen LogP contribution in [0.1, 0.15) is 13.3 Å². The molecule has 0 bridgehead atoms. The molecule has 0 saturated carbocycles. The van der Waals surface area contributed by atoms with Crippen molar-refractivity contribution >= 4 is 10.0 Å². The normalized spacial score (nSPS) is 11.3. The lowest BCUT2D eigenvalue weighted by molar-refractivity contribution is 0.311. The number of hydrogen-bond donors (Lipinski definition) is 1. The minimum Gasteiger partial charge on any atom is -0.494 e. The molecule has 0 fully saturated rings. The van der Waals surface area contributed by atoms with Crippen LogP contribution in [0.25, 0.3) is 0 Å². The zero-order valence-electron chi connectivity index (χ0n) is 9.35. The molecule has 0 saturated heterocycles. The smallest absolute Gasteiger partial charge is 0.211 e. The molecule has 0 atom stereocenters. The van der Waals surface area contributed by atoms with Crippen LogP contribution in [0.4, 0.5) is 0 Å². The molecule has 5 heteroatoms. The van der Waals surface area contributed by atoms with Crippen LogP contribution < -0.4 is 9.46 Å². The highest BCUT2D eigenvalue weighted by molar-refractivity contribution is 7.89. The van der Waals surface area contributed by atoms with Gasteiger partial charge in [0, 0.05) is 6.54 Å². The van der Waals surface area contributed by atoms with E-state index in [1.807, 2.05) is 30.3 Å². The first-order valence-corrected chi connectivity index (χ1v) is 6.94. The molecule has 0 amide bonds. The summed E-state index contributed by atoms with van der Waals surface area (Å²) >= 11 is 0. The lowest BCUT2D eigenvalue weighted by atomic mass is 10.3. The van der Waals surface area contributed by atoms with Gasteiger partial charge in [-0.3, -0.25) is 0 Å². The van der Waals surface area contributed by atoms with E-state index in [0.717, 1.165) is 5.75 Å². The molecule has 1 N–H and O–H groups in total. The fourth-order valence-electron chi connectivity index (χ4n) is 1.11. The molecule has 0 unspecified atom stereocenters. The van der Waals surface area contributed by atoms with Gasteiger partial charge in [0.1, 0.15) is 5.75 Å². The molecule has 0 heterocycles. The van der Waals surface area contributed by atoms with Crippen molar-refractivity contribution < 1.29 is 13.2 Å². The van der Waals surface area contributed by atoms with E-state index in [-0.39, 0.29) is 5.75 Å². The van der Waals surface area contributed by atoms with Gasteiger partial charge in [-0.2, -0.15) is 0 Å². The minimum absolute atomic E-state index is 0.118. The van der Waals surface area contributed by atoms with Crippen molar-refractivity contribution in [1.29, 1.82) is 0 Å². The lowest BCUT2D eigenvalue weighted by Gasteiger charge is -2.06. The summed E-state index contributed by atoms with van der Waals surface area (Å²) < 4.78 is 30.1. The van der Waals surface area contributed by atoms with E-state index >= 15 is 0 Å². The van der Waals surface area contributed by atoms with E-state index in [1.165, 1.54) is 0 Å². The van der Waals surface area contributed by atoms with Crippen LogP contribution in [0, 0.1) is 0 Å². The maximum absolute atomic E-state index is 11.1. The monoisotopic (exact) mass is 243 g/mol. The van der Waals surface area contributed by atoms with E-state index in [9.17, 15) is 8.42 Å². The number of rotatable bonds is 7. The average Bonchev–Trinajstić information content (AvgIpc) is 2.30. The number of hydrogen-bond acceptors (Lipinski definition) is 3. The summed E-state index contributed by atoms with van der Waals surface area (Å²) in [6, 6.07) is 9.46. The third-order valence-corrected chi connectivity index (χ3v) is 3.44. The minimum atomic E-state index is -3.07. The number of sulfonamides is 1. The summed E-state index contributed by atoms with van der Waals surface area (Å²) in [7, 11) is -3.07. The Morgan fingerprint density at radius 3 is 2.56 bits per heavy atom. The van der Waals surface area contributed by atoms with Crippen LogP contribution in [0.3, 0.4) is 0 Å². The van der Waals surface area contributed by atoms with Gasteiger partial charge in [-0.05, 0) is 25.5 Å². The molecule has 1 rings (SSSR count). The van der Waals surface area contributed by atoms with E-state index in [4.69, 9.17) is 4.74 Å². The third kappa shape index (κ3) is 5.14. The molecular formula is C11H17NO3S. The van der Waals surface area contributed by atoms with E-state index in [2.05, 4.69) is 4.72 Å². The molecule has 90 valence electrons. The molecule has 0 radical (unpaired) electrons. The van der Waals surface area contributed by atoms with Crippen LogP contribution in [0.2, 0.25) is 0 Å². The fraction of sp³-hybridized carbons (Fsp3) is 0.455. The van der Waals surface area contributed by atoms with E-state index < -0.39 is 10.0 Å². The van der Waals surface area contributed by atoms with E-state index in [1.54, 1.807) is 6.92 Å². The quantitative estimate of drug-likeness (QED) is 0.736. The first-order valence-electron chi connectivity index (χ1n) is 5.29. The molecular weight excluding hydrogens is 226 g/mol. The second-order valence-corrected chi connectivity index (χ2v) is 5.41. The van der Waals surface area contributed by atoms with Gasteiger partial charge in [-0.1, -0.05) is 18.2 Å². The Labute approximate surface area is 96.7 Å². The van der Waals surface area contributed by atoms with Crippen LogP contribution >= 0.6 is 0 Å². The van der Waals surface area contributed by atoms with Gasteiger partial charge in [-0.25, -0.2) is 13.1 Å². The predicted octanol–water partition coefficient (Wildman–Crippen LogP) is 1.39. The van der Waals surface area contributed by atoms with Crippen molar-refractivity contribution in [2.45, 2.75) is 13.3 Å². The Hall–Kier alpha value is -1.07. The third-order valence-electron chi connectivity index (χ3n) is 2.04. The molecule has 1 aromatic rings. The second-order valence-electron chi connectivity index (χ2n) is 3.31. The first-order chi connectivity index (χ1) is 7.64. The maximum atomic E-state index is 11.1. The summed E-state index contributed by atoms with van der Waals surface area (Å²) in [6.45, 7) is 2.54. The van der Waals surface area contributed by atoms with Crippen LogP contribution in [-0.4, -0.2) is 27.3 Å². The molecule has 4 nitrogen and oxygen atoms in total. The van der Waals surface area contributed by atoms with Crippen molar-refractivity contribution in [3.8, 4) is 5.75 Å². The van der Waals surface area contributed by atoms with Gasteiger partial charge in [0.2, 0.25) is 10.0 Å². The number of ether oxygens (including phenoxy) is 1. The molecule has 0 aliphatic rings. The van der Waals surface area contributed by atoms with Crippen LogP contribution in [-0.2, 0) is 10.0 Å². The van der Waals surface area contributed by atoms with Gasteiger partial charge in [0.15, 0.2) is 0 Å². The van der Waals surface area contributed by atoms with Crippen molar-refractivity contribution in [3.63, 3.8) is 0 Å². The second kappa shape index (κ2) is 6.50. The zero-order chi connectivity index (χ0) is 11.9. The Bertz CT molecular complexity index is 389. The van der Waals surface area contributed by atoms with Gasteiger partial charge < -0.3 is 4.74 Å². The Morgan fingerprint density at radius 2 is 1.94 bits per heavy atom. The van der Waals surface area contributed by atoms with Crippen molar-refractivity contribution in [2.24, 2.45) is 0 Å². The van der Waals surface area contributed by atoms with E-state index in [0.29, 0.717) is 19.6 Å². The number of benzene rings is 1. The van der Waals surface area contributed by atoms with Gasteiger partial charge in [-0.15, -0.1) is 0 Å². The Kier molecular flexibility index (Phi) is 5.28. The zero-order valence-corrected chi connectivity index (χ0v) is 10.2. The maximum Gasteiger partial charge on any atom is 0.211 e. The molecule has 16 heavy (non-hydrogen) atoms. The summed E-state index contributed by atoms with van der Waals surface area (Å²) in [5.41, 5.74) is 0. The summed E-state index contributed by atoms with van der Waals surface area (Å²) in [4.78, 5) is 0. The van der Waals surface area contributed by atoms with Crippen LogP contribution in [0.15, 0.2) is 30.3 Å². The standard InChI is InChI=1S/C11H17NO3S/c1-2-16(13,14)12-9-6-10-15-11-7-4-3-5-8-11/h3-5,7-8,12H,2,6,9-10H2,1H3. The van der Waals surface area contributed by atoms with Crippen LogP contribution in [0.5, 0.6) is 5.75 Å². The van der Waals surface area contributed by atoms with Crippen molar-refractivity contribution in [3.05, 3.63) is 30.3 Å². The predicted molar refractivity (Wildman–Crippen MR) is 64.0 cm³/mol. The van der Waals surface area contributed by atoms with Gasteiger partial charge in [0.05, 0.1) is 12.4 Å². The summed E-state index contributed by atoms with van der Waals surface area (Å²) in [5.74, 6) is 0.924. The number of nitrogens with one attached hydrogen (secondary N) is 1. The highest BCUT2D eigenvalue weighted by Gasteiger charge is 2.04. The Balaban J connectivity index is 2.14. The largest absolute Gasteiger partial charge is 0.494 e. The lowest BCUT2D eigenvalue weighted by Crippen LogP contribution is -2.27. The fourth-order valence-corrected chi connectivity index (χ4v) is 1.77. The SMILES string of the molecule is CCS(=O)(=O)NCCCOc1ccccc1. The summed E-state index contributed by atoms with van der Waals surface area (Å²) in [6.07, 6.45) is 0.661. The molecule has 0 aromatic heterocycles. The van der Waals surface area contributed by atoms with Gasteiger partial charge in [0.25, 0.3) is 0 Å². The Morgan fingerprint density at radius 1 is 1.25 bits per heavy atom. The molecule has 1 aromatic carbocycles. The average molecular weight is 243 g/mol. The van der Waals surface area contributed by atoms with Crippen molar-refractivity contribution in [2.75, 3.05) is 18.9 Å².